The van der Waals surface area contributed by atoms with Gasteiger partial charge in [0, 0.05) is 5.02 Å². The Balaban J connectivity index is 2.34. The number of rotatable bonds is 3. The van der Waals surface area contributed by atoms with Gasteiger partial charge in [-0.3, -0.25) is 9.82 Å². The first-order chi connectivity index (χ1) is 8.40. The third kappa shape index (κ3) is 2.49. The number of nitrogens with zero attached hydrogens (tertiary/aromatic N) is 1. The van der Waals surface area contributed by atoms with Gasteiger partial charge in [-0.25, -0.2) is 8.42 Å². The van der Waals surface area contributed by atoms with Gasteiger partial charge in [-0.15, -0.1) is 0 Å². The second-order valence-corrected chi connectivity index (χ2v) is 5.99. The number of aromatic nitrogens is 2. The van der Waals surface area contributed by atoms with Crippen molar-refractivity contribution in [2.24, 2.45) is 0 Å². The van der Waals surface area contributed by atoms with Crippen LogP contribution in [0.4, 0.5) is 5.69 Å². The maximum Gasteiger partial charge on any atom is 0.265 e. The molecule has 1 heterocycles. The van der Waals surface area contributed by atoms with Crippen molar-refractivity contribution in [2.45, 2.75) is 18.7 Å². The molecule has 0 saturated carbocycles. The van der Waals surface area contributed by atoms with Crippen LogP contribution in [0.3, 0.4) is 0 Å². The molecule has 96 valence electrons. The van der Waals surface area contributed by atoms with E-state index in [0.29, 0.717) is 16.4 Å². The average molecular weight is 286 g/mol. The summed E-state index contributed by atoms with van der Waals surface area (Å²) < 4.78 is 26.6. The Bertz CT molecular complexity index is 679. The van der Waals surface area contributed by atoms with Gasteiger partial charge in [-0.1, -0.05) is 17.7 Å². The topological polar surface area (TPSA) is 74.8 Å². The number of anilines is 1. The highest BCUT2D eigenvalue weighted by atomic mass is 35.5. The van der Waals surface area contributed by atoms with Gasteiger partial charge in [0.1, 0.15) is 4.90 Å². The molecule has 0 fully saturated rings. The molecule has 7 heteroatoms. The van der Waals surface area contributed by atoms with Crippen molar-refractivity contribution in [1.82, 2.24) is 10.2 Å². The van der Waals surface area contributed by atoms with E-state index in [4.69, 9.17) is 11.6 Å². The smallest absolute Gasteiger partial charge is 0.265 e. The molecule has 5 nitrogen and oxygen atoms in total. The zero-order valence-electron chi connectivity index (χ0n) is 9.86. The number of hydrogen-bond acceptors (Lipinski definition) is 3. The molecule has 2 rings (SSSR count). The lowest BCUT2D eigenvalue weighted by molar-refractivity contribution is 0.600. The van der Waals surface area contributed by atoms with Crippen LogP contribution < -0.4 is 4.72 Å². The first-order valence-corrected chi connectivity index (χ1v) is 7.05. The first-order valence-electron chi connectivity index (χ1n) is 5.19. The van der Waals surface area contributed by atoms with Crippen LogP contribution in [-0.2, 0) is 10.0 Å². The van der Waals surface area contributed by atoms with Crippen molar-refractivity contribution in [3.63, 3.8) is 0 Å². The normalized spacial score (nSPS) is 11.5. The summed E-state index contributed by atoms with van der Waals surface area (Å²) in [5, 5.41) is 6.79. The lowest BCUT2D eigenvalue weighted by atomic mass is 10.2. The molecule has 0 amide bonds. The van der Waals surface area contributed by atoms with E-state index in [2.05, 4.69) is 14.9 Å². The molecule has 0 radical (unpaired) electrons. The van der Waals surface area contributed by atoms with E-state index in [9.17, 15) is 8.42 Å². The number of aryl methyl sites for hydroxylation is 2. The Morgan fingerprint density at radius 3 is 2.61 bits per heavy atom. The van der Waals surface area contributed by atoms with Gasteiger partial charge in [0.05, 0.1) is 17.6 Å². The Morgan fingerprint density at radius 2 is 2.06 bits per heavy atom. The first kappa shape index (κ1) is 12.9. The van der Waals surface area contributed by atoms with Gasteiger partial charge < -0.3 is 0 Å². The number of benzene rings is 1. The molecule has 0 saturated heterocycles. The highest BCUT2D eigenvalue weighted by Gasteiger charge is 2.18. The molecule has 0 aliphatic heterocycles. The van der Waals surface area contributed by atoms with E-state index >= 15 is 0 Å². The van der Waals surface area contributed by atoms with Crippen LogP contribution in [0.5, 0.6) is 0 Å². The van der Waals surface area contributed by atoms with Crippen molar-refractivity contribution in [3.05, 3.63) is 40.7 Å². The predicted molar refractivity (Wildman–Crippen MR) is 70.3 cm³/mol. The number of aromatic amines is 1. The maximum atomic E-state index is 12.1. The second-order valence-electron chi connectivity index (χ2n) is 3.93. The van der Waals surface area contributed by atoms with Gasteiger partial charge in [-0.05, 0) is 31.5 Å². The molecular weight excluding hydrogens is 274 g/mol. The lowest BCUT2D eigenvalue weighted by Crippen LogP contribution is -2.13. The van der Waals surface area contributed by atoms with Crippen LogP contribution in [0.1, 0.15) is 11.3 Å². The van der Waals surface area contributed by atoms with Gasteiger partial charge >= 0.3 is 0 Å². The van der Waals surface area contributed by atoms with E-state index in [1.54, 1.807) is 25.1 Å². The van der Waals surface area contributed by atoms with Crippen LogP contribution in [0.15, 0.2) is 29.3 Å². The number of H-pyrrole nitrogens is 1. The van der Waals surface area contributed by atoms with Crippen LogP contribution >= 0.6 is 11.6 Å². The molecule has 1 aromatic carbocycles. The van der Waals surface area contributed by atoms with Gasteiger partial charge in [0.25, 0.3) is 10.0 Å². The Kier molecular flexibility index (Phi) is 3.32. The quantitative estimate of drug-likeness (QED) is 0.910. The number of hydrogen-bond donors (Lipinski definition) is 2. The molecule has 18 heavy (non-hydrogen) atoms. The van der Waals surface area contributed by atoms with Crippen molar-refractivity contribution < 1.29 is 8.42 Å². The molecule has 0 unspecified atom stereocenters. The second kappa shape index (κ2) is 4.62. The van der Waals surface area contributed by atoms with Crippen LogP contribution in [0, 0.1) is 13.8 Å². The average Bonchev–Trinajstić information content (AvgIpc) is 2.70. The minimum absolute atomic E-state index is 0.124. The van der Waals surface area contributed by atoms with E-state index in [1.807, 2.05) is 6.92 Å². The van der Waals surface area contributed by atoms with Crippen LogP contribution in [0.25, 0.3) is 0 Å². The summed E-state index contributed by atoms with van der Waals surface area (Å²) in [5.74, 6) is 0. The highest BCUT2D eigenvalue weighted by molar-refractivity contribution is 7.92. The maximum absolute atomic E-state index is 12.1. The Morgan fingerprint density at radius 1 is 1.33 bits per heavy atom. The summed E-state index contributed by atoms with van der Waals surface area (Å²) in [6.07, 6.45) is 1.27. The zero-order valence-corrected chi connectivity index (χ0v) is 11.4. The summed E-state index contributed by atoms with van der Waals surface area (Å²) in [6, 6.07) is 4.99. The molecule has 0 aliphatic rings. The summed E-state index contributed by atoms with van der Waals surface area (Å²) in [7, 11) is -3.63. The van der Waals surface area contributed by atoms with Crippen molar-refractivity contribution in [1.29, 1.82) is 0 Å². The molecule has 0 spiro atoms. The summed E-state index contributed by atoms with van der Waals surface area (Å²) in [5.41, 5.74) is 1.80. The SMILES string of the molecule is Cc1ccc(NS(=O)(=O)c2cn[nH]c2C)cc1Cl. The highest BCUT2D eigenvalue weighted by Crippen LogP contribution is 2.23. The molecule has 0 atom stereocenters. The minimum Gasteiger partial charge on any atom is -0.281 e. The monoisotopic (exact) mass is 285 g/mol. The van der Waals surface area contributed by atoms with Crippen molar-refractivity contribution in [2.75, 3.05) is 4.72 Å². The molecule has 1 aromatic heterocycles. The standard InChI is InChI=1S/C11H12ClN3O2S/c1-7-3-4-9(5-10(7)12)15-18(16,17)11-6-13-14-8(11)2/h3-6,15H,1-2H3,(H,13,14). The summed E-state index contributed by atoms with van der Waals surface area (Å²) >= 11 is 5.95. The zero-order chi connectivity index (χ0) is 13.3. The lowest BCUT2D eigenvalue weighted by Gasteiger charge is -2.08. The number of nitrogens with one attached hydrogen (secondary N) is 2. The predicted octanol–water partition coefficient (Wildman–Crippen LogP) is 2.48. The third-order valence-electron chi connectivity index (χ3n) is 2.50. The van der Waals surface area contributed by atoms with Gasteiger partial charge in [0.2, 0.25) is 0 Å². The Labute approximate surface area is 110 Å². The number of halogens is 1. The molecule has 2 N–H and O–H groups in total. The fraction of sp³-hybridized carbons (Fsp3) is 0.182. The van der Waals surface area contributed by atoms with Gasteiger partial charge in [-0.2, -0.15) is 5.10 Å². The minimum atomic E-state index is -3.63. The Hall–Kier alpha value is -1.53. The fourth-order valence-corrected chi connectivity index (χ4v) is 2.85. The van der Waals surface area contributed by atoms with E-state index in [0.717, 1.165) is 5.56 Å². The largest absolute Gasteiger partial charge is 0.281 e. The fourth-order valence-electron chi connectivity index (χ4n) is 1.48. The van der Waals surface area contributed by atoms with Crippen LogP contribution in [0.2, 0.25) is 5.02 Å². The van der Waals surface area contributed by atoms with Crippen LogP contribution in [-0.4, -0.2) is 18.6 Å². The number of sulfonamides is 1. The molecule has 2 aromatic rings. The molecule has 0 bridgehead atoms. The summed E-state index contributed by atoms with van der Waals surface area (Å²) in [4.78, 5) is 0.124. The third-order valence-corrected chi connectivity index (χ3v) is 4.40. The van der Waals surface area contributed by atoms with Crippen molar-refractivity contribution >= 4 is 27.3 Å². The molecular formula is C11H12ClN3O2S. The van der Waals surface area contributed by atoms with E-state index in [-0.39, 0.29) is 4.90 Å². The van der Waals surface area contributed by atoms with Gasteiger partial charge in [0.15, 0.2) is 0 Å². The molecule has 0 aliphatic carbocycles. The summed E-state index contributed by atoms with van der Waals surface area (Å²) in [6.45, 7) is 3.49. The van der Waals surface area contributed by atoms with E-state index in [1.165, 1.54) is 6.20 Å². The van der Waals surface area contributed by atoms with Crippen molar-refractivity contribution in [3.8, 4) is 0 Å². The van der Waals surface area contributed by atoms with E-state index < -0.39 is 10.0 Å².